The molecule has 0 aliphatic carbocycles. The Labute approximate surface area is 114 Å². The van der Waals surface area contributed by atoms with Gasteiger partial charge >= 0.3 is 0 Å². The summed E-state index contributed by atoms with van der Waals surface area (Å²) in [6.07, 6.45) is 0. The minimum Gasteiger partial charge on any atom is -0.446 e. The van der Waals surface area contributed by atoms with Crippen LogP contribution in [-0.4, -0.2) is 47.6 Å². The van der Waals surface area contributed by atoms with E-state index < -0.39 is 5.91 Å². The van der Waals surface area contributed by atoms with Gasteiger partial charge in [0.2, 0.25) is 0 Å². The number of piperazine rings is 1. The van der Waals surface area contributed by atoms with Crippen LogP contribution in [0.4, 0.5) is 0 Å². The van der Waals surface area contributed by atoms with Crippen LogP contribution in [0.3, 0.4) is 0 Å². The number of nitrogens with zero attached hydrogens (tertiary/aromatic N) is 3. The van der Waals surface area contributed by atoms with Crippen molar-refractivity contribution in [2.45, 2.75) is 6.04 Å². The van der Waals surface area contributed by atoms with E-state index in [4.69, 9.17) is 14.7 Å². The van der Waals surface area contributed by atoms with Crippen molar-refractivity contribution in [1.82, 2.24) is 20.4 Å². The molecule has 1 fully saturated rings. The lowest BCUT2D eigenvalue weighted by molar-refractivity contribution is 0.0974. The predicted octanol–water partition coefficient (Wildman–Crippen LogP) is 0.00460. The highest BCUT2D eigenvalue weighted by Gasteiger charge is 2.26. The number of carbonyl (C=O) groups is 1. The van der Waals surface area contributed by atoms with E-state index in [1.807, 2.05) is 7.05 Å². The molecular formula is C12H15N5O3. The number of aromatic nitrogens is 2. The zero-order valence-corrected chi connectivity index (χ0v) is 11.0. The molecular weight excluding hydrogens is 262 g/mol. The van der Waals surface area contributed by atoms with Gasteiger partial charge in [-0.3, -0.25) is 9.69 Å². The molecule has 106 valence electrons. The molecule has 3 rings (SSSR count). The average molecular weight is 277 g/mol. The van der Waals surface area contributed by atoms with E-state index in [9.17, 15) is 4.79 Å². The fraction of sp³-hybridized carbons (Fsp3) is 0.417. The van der Waals surface area contributed by atoms with Gasteiger partial charge in [0.25, 0.3) is 11.8 Å². The second-order valence-electron chi connectivity index (χ2n) is 4.69. The summed E-state index contributed by atoms with van der Waals surface area (Å²) in [6.45, 7) is 2.62. The van der Waals surface area contributed by atoms with Crippen molar-refractivity contribution >= 4 is 5.91 Å². The zero-order valence-electron chi connectivity index (χ0n) is 11.0. The van der Waals surface area contributed by atoms with Crippen LogP contribution in [0.25, 0.3) is 11.7 Å². The molecule has 0 bridgehead atoms. The standard InChI is InChI=1S/C12H15N5O3/c1-17-5-4-14-6-7(17)11-15-12(20-16-11)9-3-2-8(19-9)10(13)18/h2-3,7,14H,4-6H2,1H3,(H2,13,18). The Morgan fingerprint density at radius 3 is 3.10 bits per heavy atom. The van der Waals surface area contributed by atoms with E-state index in [1.165, 1.54) is 6.07 Å². The van der Waals surface area contributed by atoms with E-state index in [0.29, 0.717) is 11.6 Å². The zero-order chi connectivity index (χ0) is 14.1. The van der Waals surface area contributed by atoms with Crippen molar-refractivity contribution < 1.29 is 13.7 Å². The maximum Gasteiger partial charge on any atom is 0.293 e. The molecule has 2 aromatic rings. The molecule has 2 aromatic heterocycles. The van der Waals surface area contributed by atoms with E-state index in [1.54, 1.807) is 6.07 Å². The topological polar surface area (TPSA) is 110 Å². The first-order chi connectivity index (χ1) is 9.65. The predicted molar refractivity (Wildman–Crippen MR) is 68.8 cm³/mol. The van der Waals surface area contributed by atoms with Crippen molar-refractivity contribution in [3.8, 4) is 11.7 Å². The van der Waals surface area contributed by atoms with Gasteiger partial charge in [0.1, 0.15) is 0 Å². The normalized spacial score (nSPS) is 20.1. The van der Waals surface area contributed by atoms with E-state index in [-0.39, 0.29) is 17.7 Å². The Morgan fingerprint density at radius 2 is 2.40 bits per heavy atom. The molecule has 0 aromatic carbocycles. The maximum absolute atomic E-state index is 11.0. The number of primary amides is 1. The van der Waals surface area contributed by atoms with Crippen LogP contribution in [-0.2, 0) is 0 Å². The largest absolute Gasteiger partial charge is 0.446 e. The molecule has 1 amide bonds. The first-order valence-electron chi connectivity index (χ1n) is 6.29. The van der Waals surface area contributed by atoms with Gasteiger partial charge < -0.3 is 20.0 Å². The summed E-state index contributed by atoms with van der Waals surface area (Å²) in [5.74, 6) is 0.602. The Balaban J connectivity index is 1.83. The number of rotatable bonds is 3. The van der Waals surface area contributed by atoms with Crippen LogP contribution < -0.4 is 11.1 Å². The lowest BCUT2D eigenvalue weighted by Gasteiger charge is -2.30. The fourth-order valence-corrected chi connectivity index (χ4v) is 2.15. The van der Waals surface area contributed by atoms with Crippen LogP contribution in [0.1, 0.15) is 22.4 Å². The lowest BCUT2D eigenvalue weighted by atomic mass is 10.2. The summed E-state index contributed by atoms with van der Waals surface area (Å²) in [4.78, 5) is 17.5. The third-order valence-electron chi connectivity index (χ3n) is 3.31. The number of hydrogen-bond donors (Lipinski definition) is 2. The third-order valence-corrected chi connectivity index (χ3v) is 3.31. The molecule has 1 saturated heterocycles. The van der Waals surface area contributed by atoms with Gasteiger partial charge in [-0.05, 0) is 19.2 Å². The van der Waals surface area contributed by atoms with E-state index in [0.717, 1.165) is 19.6 Å². The van der Waals surface area contributed by atoms with Gasteiger partial charge in [0, 0.05) is 19.6 Å². The van der Waals surface area contributed by atoms with Crippen molar-refractivity contribution in [2.75, 3.05) is 26.7 Å². The number of nitrogens with one attached hydrogen (secondary N) is 1. The molecule has 20 heavy (non-hydrogen) atoms. The van der Waals surface area contributed by atoms with Crippen LogP contribution in [0.5, 0.6) is 0 Å². The SMILES string of the molecule is CN1CCNCC1c1noc(-c2ccc(C(N)=O)o2)n1. The van der Waals surface area contributed by atoms with Crippen molar-refractivity contribution in [3.05, 3.63) is 23.7 Å². The van der Waals surface area contributed by atoms with Crippen LogP contribution in [0.2, 0.25) is 0 Å². The highest BCUT2D eigenvalue weighted by Crippen LogP contribution is 2.24. The molecule has 0 spiro atoms. The summed E-state index contributed by atoms with van der Waals surface area (Å²) >= 11 is 0. The number of amides is 1. The van der Waals surface area contributed by atoms with E-state index >= 15 is 0 Å². The summed E-state index contributed by atoms with van der Waals surface area (Å²) < 4.78 is 10.4. The minimum atomic E-state index is -0.632. The second kappa shape index (κ2) is 5.06. The molecule has 0 saturated carbocycles. The van der Waals surface area contributed by atoms with Gasteiger partial charge in [-0.1, -0.05) is 5.16 Å². The monoisotopic (exact) mass is 277 g/mol. The molecule has 1 unspecified atom stereocenters. The summed E-state index contributed by atoms with van der Waals surface area (Å²) in [6, 6.07) is 3.13. The third kappa shape index (κ3) is 2.30. The Kier molecular flexibility index (Phi) is 3.25. The van der Waals surface area contributed by atoms with Crippen LogP contribution >= 0.6 is 0 Å². The molecule has 8 nitrogen and oxygen atoms in total. The molecule has 1 aliphatic heterocycles. The smallest absolute Gasteiger partial charge is 0.293 e. The number of carbonyl (C=O) groups excluding carboxylic acids is 1. The van der Waals surface area contributed by atoms with Gasteiger partial charge in [-0.15, -0.1) is 0 Å². The summed E-state index contributed by atoms with van der Waals surface area (Å²) in [5.41, 5.74) is 5.13. The van der Waals surface area contributed by atoms with Crippen LogP contribution in [0.15, 0.2) is 21.1 Å². The van der Waals surface area contributed by atoms with Crippen molar-refractivity contribution in [2.24, 2.45) is 5.73 Å². The van der Waals surface area contributed by atoms with E-state index in [2.05, 4.69) is 20.4 Å². The lowest BCUT2D eigenvalue weighted by Crippen LogP contribution is -2.44. The molecule has 8 heteroatoms. The average Bonchev–Trinajstić information content (AvgIpc) is 3.08. The Morgan fingerprint density at radius 1 is 1.55 bits per heavy atom. The second-order valence-corrected chi connectivity index (χ2v) is 4.69. The van der Waals surface area contributed by atoms with Gasteiger partial charge in [-0.25, -0.2) is 0 Å². The summed E-state index contributed by atoms with van der Waals surface area (Å²) in [5, 5.41) is 7.26. The van der Waals surface area contributed by atoms with Crippen LogP contribution in [0, 0.1) is 0 Å². The number of hydrogen-bond acceptors (Lipinski definition) is 7. The molecule has 1 aliphatic rings. The molecule has 1 atom stereocenters. The molecule has 3 N–H and O–H groups in total. The number of nitrogens with two attached hydrogens (primary N) is 1. The highest BCUT2D eigenvalue weighted by molar-refractivity contribution is 5.90. The number of furan rings is 1. The van der Waals surface area contributed by atoms with Crippen molar-refractivity contribution in [3.63, 3.8) is 0 Å². The quantitative estimate of drug-likeness (QED) is 0.812. The Bertz CT molecular complexity index is 620. The first-order valence-corrected chi connectivity index (χ1v) is 6.29. The first kappa shape index (κ1) is 12.8. The Hall–Kier alpha value is -2.19. The molecule has 3 heterocycles. The number of likely N-dealkylation sites (N-methyl/N-ethyl adjacent to an activating group) is 1. The van der Waals surface area contributed by atoms with Gasteiger partial charge in [0.15, 0.2) is 17.3 Å². The van der Waals surface area contributed by atoms with Gasteiger partial charge in [0.05, 0.1) is 6.04 Å². The molecule has 0 radical (unpaired) electrons. The van der Waals surface area contributed by atoms with Gasteiger partial charge in [-0.2, -0.15) is 4.98 Å². The maximum atomic E-state index is 11.0. The minimum absolute atomic E-state index is 0.0619. The van der Waals surface area contributed by atoms with Crippen molar-refractivity contribution in [1.29, 1.82) is 0 Å². The summed E-state index contributed by atoms with van der Waals surface area (Å²) in [7, 11) is 2.01. The highest BCUT2D eigenvalue weighted by atomic mass is 16.5. The fourth-order valence-electron chi connectivity index (χ4n) is 2.15.